The number of fused-ring (bicyclic) bond motifs is 1. The van der Waals surface area contributed by atoms with Gasteiger partial charge >= 0.3 is 0 Å². The fraction of sp³-hybridized carbons (Fsp3) is 0.429. The SMILES string of the molecule is CSc1ccc2ncnc(N3CCC(F)CC3)c2c1. The number of hydrogen-bond donors (Lipinski definition) is 0. The molecule has 3 nitrogen and oxygen atoms in total. The molecule has 0 saturated carbocycles. The molecule has 100 valence electrons. The van der Waals surface area contributed by atoms with Gasteiger partial charge in [-0.1, -0.05) is 0 Å². The molecular formula is C14H16FN3S. The molecule has 1 saturated heterocycles. The lowest BCUT2D eigenvalue weighted by Crippen LogP contribution is -2.35. The summed E-state index contributed by atoms with van der Waals surface area (Å²) in [5.74, 6) is 0.938. The highest BCUT2D eigenvalue weighted by Crippen LogP contribution is 2.29. The van der Waals surface area contributed by atoms with E-state index in [4.69, 9.17) is 0 Å². The first-order chi connectivity index (χ1) is 9.28. The van der Waals surface area contributed by atoms with Crippen molar-refractivity contribution < 1.29 is 4.39 Å². The minimum Gasteiger partial charge on any atom is -0.356 e. The van der Waals surface area contributed by atoms with Gasteiger partial charge in [-0.25, -0.2) is 14.4 Å². The predicted octanol–water partition coefficient (Wildman–Crippen LogP) is 3.29. The molecule has 5 heteroatoms. The van der Waals surface area contributed by atoms with Crippen LogP contribution in [0.15, 0.2) is 29.4 Å². The van der Waals surface area contributed by atoms with Crippen LogP contribution in [0.3, 0.4) is 0 Å². The summed E-state index contributed by atoms with van der Waals surface area (Å²) in [6, 6.07) is 6.21. The van der Waals surface area contributed by atoms with Crippen LogP contribution in [0.2, 0.25) is 0 Å². The molecule has 1 aromatic carbocycles. The molecule has 0 bridgehead atoms. The molecule has 0 aliphatic carbocycles. The normalized spacial score (nSPS) is 17.1. The summed E-state index contributed by atoms with van der Waals surface area (Å²) in [6.07, 6.45) is 4.17. The molecule has 0 unspecified atom stereocenters. The highest BCUT2D eigenvalue weighted by atomic mass is 32.2. The van der Waals surface area contributed by atoms with Crippen molar-refractivity contribution >= 4 is 28.5 Å². The summed E-state index contributed by atoms with van der Waals surface area (Å²) in [5, 5.41) is 1.06. The van der Waals surface area contributed by atoms with Crippen LogP contribution in [0.5, 0.6) is 0 Å². The first-order valence-electron chi connectivity index (χ1n) is 6.45. The zero-order valence-electron chi connectivity index (χ0n) is 10.8. The minimum atomic E-state index is -0.661. The molecule has 3 rings (SSSR count). The van der Waals surface area contributed by atoms with E-state index in [0.717, 1.165) is 29.8 Å². The molecule has 0 atom stereocenters. The second-order valence-electron chi connectivity index (χ2n) is 4.74. The van der Waals surface area contributed by atoms with Crippen LogP contribution in [0.4, 0.5) is 10.2 Å². The first-order valence-corrected chi connectivity index (χ1v) is 7.68. The Bertz CT molecular complexity index is 582. The zero-order valence-corrected chi connectivity index (χ0v) is 11.7. The molecule has 2 aromatic rings. The highest BCUT2D eigenvalue weighted by Gasteiger charge is 2.21. The van der Waals surface area contributed by atoms with Crippen LogP contribution in [0, 0.1) is 0 Å². The van der Waals surface area contributed by atoms with E-state index < -0.39 is 6.17 Å². The number of nitrogens with zero attached hydrogens (tertiary/aromatic N) is 3. The highest BCUT2D eigenvalue weighted by molar-refractivity contribution is 7.98. The lowest BCUT2D eigenvalue weighted by Gasteiger charge is -2.30. The quantitative estimate of drug-likeness (QED) is 0.788. The van der Waals surface area contributed by atoms with Gasteiger partial charge in [0.05, 0.1) is 5.52 Å². The molecule has 0 radical (unpaired) electrons. The number of anilines is 1. The van der Waals surface area contributed by atoms with Gasteiger partial charge in [-0.3, -0.25) is 0 Å². The summed E-state index contributed by atoms with van der Waals surface area (Å²) in [6.45, 7) is 1.47. The fourth-order valence-corrected chi connectivity index (χ4v) is 2.90. The van der Waals surface area contributed by atoms with E-state index in [1.807, 2.05) is 6.07 Å². The Morgan fingerprint density at radius 3 is 2.79 bits per heavy atom. The lowest BCUT2D eigenvalue weighted by atomic mass is 10.1. The Kier molecular flexibility index (Phi) is 3.55. The van der Waals surface area contributed by atoms with Gasteiger partial charge in [0.1, 0.15) is 18.3 Å². The van der Waals surface area contributed by atoms with Crippen molar-refractivity contribution in [2.75, 3.05) is 24.2 Å². The maximum atomic E-state index is 13.2. The zero-order chi connectivity index (χ0) is 13.2. The second-order valence-corrected chi connectivity index (χ2v) is 5.62. The number of rotatable bonds is 2. The number of halogens is 1. The third kappa shape index (κ3) is 2.52. The lowest BCUT2D eigenvalue weighted by molar-refractivity contribution is 0.277. The average molecular weight is 277 g/mol. The van der Waals surface area contributed by atoms with Gasteiger partial charge in [0, 0.05) is 23.4 Å². The third-order valence-electron chi connectivity index (χ3n) is 3.55. The monoisotopic (exact) mass is 277 g/mol. The molecule has 0 spiro atoms. The Balaban J connectivity index is 2.02. The average Bonchev–Trinajstić information content (AvgIpc) is 2.47. The van der Waals surface area contributed by atoms with E-state index in [-0.39, 0.29) is 0 Å². The number of piperidine rings is 1. The molecule has 2 heterocycles. The molecule has 0 N–H and O–H groups in total. The van der Waals surface area contributed by atoms with E-state index in [2.05, 4.69) is 33.3 Å². The van der Waals surface area contributed by atoms with Crippen molar-refractivity contribution in [3.8, 4) is 0 Å². The summed E-state index contributed by atoms with van der Waals surface area (Å²) in [7, 11) is 0. The summed E-state index contributed by atoms with van der Waals surface area (Å²) in [4.78, 5) is 12.1. The van der Waals surface area contributed by atoms with E-state index in [0.29, 0.717) is 12.8 Å². The molecular weight excluding hydrogens is 261 g/mol. The van der Waals surface area contributed by atoms with Gasteiger partial charge in [0.25, 0.3) is 0 Å². The third-order valence-corrected chi connectivity index (χ3v) is 4.27. The standard InChI is InChI=1S/C14H16FN3S/c1-19-11-2-3-13-12(8-11)14(17-9-16-13)18-6-4-10(15)5-7-18/h2-3,8-10H,4-7H2,1H3. The molecule has 19 heavy (non-hydrogen) atoms. The summed E-state index contributed by atoms with van der Waals surface area (Å²) in [5.41, 5.74) is 0.949. The van der Waals surface area contributed by atoms with Crippen molar-refractivity contribution in [3.63, 3.8) is 0 Å². The van der Waals surface area contributed by atoms with Crippen molar-refractivity contribution in [2.24, 2.45) is 0 Å². The number of thioether (sulfide) groups is 1. The van der Waals surface area contributed by atoms with Crippen LogP contribution in [-0.2, 0) is 0 Å². The molecule has 0 amide bonds. The van der Waals surface area contributed by atoms with E-state index >= 15 is 0 Å². The molecule has 1 aromatic heterocycles. The number of alkyl halides is 1. The van der Waals surface area contributed by atoms with Gasteiger partial charge in [-0.15, -0.1) is 11.8 Å². The topological polar surface area (TPSA) is 29.0 Å². The largest absolute Gasteiger partial charge is 0.356 e. The van der Waals surface area contributed by atoms with Gasteiger partial charge in [0.2, 0.25) is 0 Å². The molecule has 1 aliphatic rings. The van der Waals surface area contributed by atoms with Crippen LogP contribution < -0.4 is 4.90 Å². The number of aromatic nitrogens is 2. The number of benzene rings is 1. The van der Waals surface area contributed by atoms with Gasteiger partial charge in [-0.2, -0.15) is 0 Å². The van der Waals surface area contributed by atoms with Crippen LogP contribution in [0.25, 0.3) is 10.9 Å². The number of hydrogen-bond acceptors (Lipinski definition) is 4. The van der Waals surface area contributed by atoms with E-state index in [1.165, 1.54) is 4.90 Å². The predicted molar refractivity (Wildman–Crippen MR) is 77.7 cm³/mol. The van der Waals surface area contributed by atoms with Gasteiger partial charge in [0.15, 0.2) is 0 Å². The van der Waals surface area contributed by atoms with Crippen LogP contribution in [-0.4, -0.2) is 35.5 Å². The van der Waals surface area contributed by atoms with Gasteiger partial charge in [-0.05, 0) is 37.3 Å². The van der Waals surface area contributed by atoms with Crippen molar-refractivity contribution in [3.05, 3.63) is 24.5 Å². The summed E-state index contributed by atoms with van der Waals surface area (Å²) < 4.78 is 13.2. The van der Waals surface area contributed by atoms with E-state index in [9.17, 15) is 4.39 Å². The fourth-order valence-electron chi connectivity index (χ4n) is 2.46. The van der Waals surface area contributed by atoms with Crippen molar-refractivity contribution in [1.82, 2.24) is 9.97 Å². The molecule has 1 aliphatic heterocycles. The van der Waals surface area contributed by atoms with E-state index in [1.54, 1.807) is 18.1 Å². The second kappa shape index (κ2) is 5.33. The Hall–Kier alpha value is -1.36. The Morgan fingerprint density at radius 1 is 1.26 bits per heavy atom. The maximum absolute atomic E-state index is 13.2. The van der Waals surface area contributed by atoms with Crippen molar-refractivity contribution in [2.45, 2.75) is 23.9 Å². The van der Waals surface area contributed by atoms with Gasteiger partial charge < -0.3 is 4.90 Å². The van der Waals surface area contributed by atoms with Crippen LogP contribution >= 0.6 is 11.8 Å². The smallest absolute Gasteiger partial charge is 0.139 e. The first kappa shape index (κ1) is 12.7. The Morgan fingerprint density at radius 2 is 2.05 bits per heavy atom. The maximum Gasteiger partial charge on any atom is 0.139 e. The summed E-state index contributed by atoms with van der Waals surface area (Å²) >= 11 is 1.71. The van der Waals surface area contributed by atoms with Crippen molar-refractivity contribution in [1.29, 1.82) is 0 Å². The Labute approximate surface area is 116 Å². The minimum absolute atomic E-state index is 0.591. The van der Waals surface area contributed by atoms with Crippen LogP contribution in [0.1, 0.15) is 12.8 Å². The molecule has 1 fully saturated rings.